The van der Waals surface area contributed by atoms with E-state index in [0.29, 0.717) is 11.4 Å². The lowest BCUT2D eigenvalue weighted by Crippen LogP contribution is -2.30. The first kappa shape index (κ1) is 14.2. The maximum atomic E-state index is 11.8. The van der Waals surface area contributed by atoms with E-state index in [2.05, 4.69) is 27.6 Å². The Morgan fingerprint density at radius 2 is 2.14 bits per heavy atom. The Balaban J connectivity index is 1.78. The van der Waals surface area contributed by atoms with Crippen molar-refractivity contribution in [1.29, 1.82) is 0 Å². The summed E-state index contributed by atoms with van der Waals surface area (Å²) in [5, 5.41) is 0. The Bertz CT molecular complexity index is 773. The summed E-state index contributed by atoms with van der Waals surface area (Å²) in [6, 6.07) is 0. The number of H-pyrrole nitrogens is 1. The highest BCUT2D eigenvalue weighted by molar-refractivity contribution is 7.80. The average Bonchev–Trinajstić information content (AvgIpc) is 3.10. The molecule has 22 heavy (non-hydrogen) atoms. The number of rotatable bonds is 2. The third kappa shape index (κ3) is 2.00. The van der Waals surface area contributed by atoms with E-state index in [1.165, 1.54) is 6.33 Å². The molecule has 0 spiro atoms. The highest BCUT2D eigenvalue weighted by Gasteiger charge is 2.55. The quantitative estimate of drug-likeness (QED) is 0.780. The van der Waals surface area contributed by atoms with Gasteiger partial charge in [-0.15, -0.1) is 0 Å². The number of aromatic nitrogens is 4. The second-order valence-corrected chi connectivity index (χ2v) is 6.23. The molecular formula is C13H16N4O4S. The Morgan fingerprint density at radius 3 is 2.91 bits per heavy atom. The number of aromatic amines is 1. The van der Waals surface area contributed by atoms with E-state index in [4.69, 9.17) is 14.2 Å². The first-order valence-electron chi connectivity index (χ1n) is 7.02. The normalized spacial score (nSPS) is 33.4. The van der Waals surface area contributed by atoms with Gasteiger partial charge in [0.05, 0.1) is 18.8 Å². The minimum atomic E-state index is -0.681. The fourth-order valence-corrected chi connectivity index (χ4v) is 3.37. The zero-order valence-electron chi connectivity index (χ0n) is 12.1. The SMILES string of the molecule is CC1(C)O[C@@H]2[C@H](O1)C(CS)O[C@H]2n1cnc2c(=O)[nH]cnc21. The molecule has 0 radical (unpaired) electrons. The summed E-state index contributed by atoms with van der Waals surface area (Å²) in [5.41, 5.74) is 0.448. The van der Waals surface area contributed by atoms with Gasteiger partial charge in [-0.25, -0.2) is 9.97 Å². The van der Waals surface area contributed by atoms with Crippen LogP contribution >= 0.6 is 12.6 Å². The topological polar surface area (TPSA) is 91.3 Å². The van der Waals surface area contributed by atoms with E-state index in [1.807, 2.05) is 13.8 Å². The number of hydrogen-bond acceptors (Lipinski definition) is 7. The van der Waals surface area contributed by atoms with E-state index < -0.39 is 12.0 Å². The van der Waals surface area contributed by atoms with Crippen molar-refractivity contribution in [2.24, 2.45) is 0 Å². The summed E-state index contributed by atoms with van der Waals surface area (Å²) in [7, 11) is 0. The smallest absolute Gasteiger partial charge is 0.278 e. The Labute approximate surface area is 131 Å². The molecule has 2 aromatic rings. The Hall–Kier alpha value is -1.42. The standard InChI is InChI=1S/C13H16N4O4S/c1-13(2)20-8-6(3-22)19-12(9(8)21-13)17-5-16-7-10(17)14-4-15-11(7)18/h4-6,8-9,12,22H,3H2,1-2H3,(H,14,15,18)/t6?,8-,9-,12-/m1/s1. The van der Waals surface area contributed by atoms with Gasteiger partial charge in [-0.3, -0.25) is 9.36 Å². The molecule has 1 N–H and O–H groups in total. The lowest BCUT2D eigenvalue weighted by molar-refractivity contribution is -0.193. The van der Waals surface area contributed by atoms with Crippen molar-refractivity contribution in [3.8, 4) is 0 Å². The monoisotopic (exact) mass is 324 g/mol. The molecule has 4 heterocycles. The predicted octanol–water partition coefficient (Wildman–Crippen LogP) is 0.467. The van der Waals surface area contributed by atoms with Gasteiger partial charge in [0.2, 0.25) is 0 Å². The number of nitrogens with zero attached hydrogens (tertiary/aromatic N) is 3. The van der Waals surface area contributed by atoms with Crippen LogP contribution in [0.1, 0.15) is 20.1 Å². The number of thiol groups is 1. The van der Waals surface area contributed by atoms with Gasteiger partial charge in [-0.1, -0.05) is 0 Å². The van der Waals surface area contributed by atoms with Gasteiger partial charge in [0.15, 0.2) is 23.2 Å². The third-order valence-corrected chi connectivity index (χ3v) is 4.30. The summed E-state index contributed by atoms with van der Waals surface area (Å²) < 4.78 is 19.6. The minimum absolute atomic E-state index is 0.195. The molecule has 0 saturated carbocycles. The molecule has 0 aliphatic carbocycles. The third-order valence-electron chi connectivity index (χ3n) is 3.94. The lowest BCUT2D eigenvalue weighted by atomic mass is 10.1. The van der Waals surface area contributed by atoms with Crippen LogP contribution in [0.2, 0.25) is 0 Å². The van der Waals surface area contributed by atoms with Crippen LogP contribution in [0, 0.1) is 0 Å². The van der Waals surface area contributed by atoms with Crippen LogP contribution in [-0.2, 0) is 14.2 Å². The van der Waals surface area contributed by atoms with Crippen LogP contribution in [-0.4, -0.2) is 49.4 Å². The molecule has 1 unspecified atom stereocenters. The molecule has 2 aliphatic heterocycles. The number of hydrogen-bond donors (Lipinski definition) is 2. The first-order valence-corrected chi connectivity index (χ1v) is 7.65. The van der Waals surface area contributed by atoms with E-state index in [0.717, 1.165) is 0 Å². The van der Waals surface area contributed by atoms with Crippen LogP contribution in [0.5, 0.6) is 0 Å². The van der Waals surface area contributed by atoms with Crippen LogP contribution < -0.4 is 5.56 Å². The molecule has 118 valence electrons. The number of ether oxygens (including phenoxy) is 3. The summed E-state index contributed by atoms with van der Waals surface area (Å²) in [4.78, 5) is 22.6. The zero-order chi connectivity index (χ0) is 15.5. The van der Waals surface area contributed by atoms with Gasteiger partial charge in [0.25, 0.3) is 5.56 Å². The molecule has 0 amide bonds. The summed E-state index contributed by atoms with van der Waals surface area (Å²) in [6.45, 7) is 3.74. The predicted molar refractivity (Wildman–Crippen MR) is 79.7 cm³/mol. The van der Waals surface area contributed by atoms with Crippen molar-refractivity contribution < 1.29 is 14.2 Å². The molecule has 9 heteroatoms. The summed E-state index contributed by atoms with van der Waals surface area (Å²) in [6.07, 6.45) is 1.73. The minimum Gasteiger partial charge on any atom is -0.348 e. The zero-order valence-corrected chi connectivity index (χ0v) is 13.0. The molecule has 4 atom stereocenters. The molecule has 8 nitrogen and oxygen atoms in total. The maximum Gasteiger partial charge on any atom is 0.278 e. The summed E-state index contributed by atoms with van der Waals surface area (Å²) >= 11 is 4.33. The van der Waals surface area contributed by atoms with Crippen molar-refractivity contribution >= 4 is 23.8 Å². The van der Waals surface area contributed by atoms with E-state index in [9.17, 15) is 4.79 Å². The number of nitrogens with one attached hydrogen (secondary N) is 1. The molecule has 2 fully saturated rings. The van der Waals surface area contributed by atoms with Crippen molar-refractivity contribution in [1.82, 2.24) is 19.5 Å². The summed E-state index contributed by atoms with van der Waals surface area (Å²) in [5.74, 6) is -0.169. The van der Waals surface area contributed by atoms with Crippen LogP contribution in [0.25, 0.3) is 11.2 Å². The molecule has 0 bridgehead atoms. The molecule has 2 saturated heterocycles. The highest BCUT2D eigenvalue weighted by atomic mass is 32.1. The Morgan fingerprint density at radius 1 is 1.36 bits per heavy atom. The largest absolute Gasteiger partial charge is 0.348 e. The van der Waals surface area contributed by atoms with Crippen molar-refractivity contribution in [2.75, 3.05) is 5.75 Å². The van der Waals surface area contributed by atoms with Gasteiger partial charge in [-0.05, 0) is 13.8 Å². The number of imidazole rings is 1. The van der Waals surface area contributed by atoms with Gasteiger partial charge >= 0.3 is 0 Å². The van der Waals surface area contributed by atoms with Gasteiger partial charge in [0.1, 0.15) is 12.2 Å². The number of fused-ring (bicyclic) bond motifs is 2. The Kier molecular flexibility index (Phi) is 3.09. The molecule has 0 aromatic carbocycles. The van der Waals surface area contributed by atoms with Crippen molar-refractivity contribution in [3.63, 3.8) is 0 Å². The van der Waals surface area contributed by atoms with Gasteiger partial charge in [0, 0.05) is 5.75 Å². The fraction of sp³-hybridized carbons (Fsp3) is 0.615. The van der Waals surface area contributed by atoms with E-state index in [-0.39, 0.29) is 29.4 Å². The molecule has 2 aromatic heterocycles. The second kappa shape index (κ2) is 4.79. The van der Waals surface area contributed by atoms with Crippen LogP contribution in [0.4, 0.5) is 0 Å². The molecule has 4 rings (SSSR count). The van der Waals surface area contributed by atoms with Crippen molar-refractivity contribution in [3.05, 3.63) is 23.0 Å². The second-order valence-electron chi connectivity index (χ2n) is 5.87. The van der Waals surface area contributed by atoms with Crippen LogP contribution in [0.15, 0.2) is 17.4 Å². The molecule has 2 aliphatic rings. The fourth-order valence-electron chi connectivity index (χ4n) is 3.08. The maximum absolute atomic E-state index is 11.8. The van der Waals surface area contributed by atoms with Gasteiger partial charge < -0.3 is 19.2 Å². The van der Waals surface area contributed by atoms with Crippen molar-refractivity contribution in [2.45, 2.75) is 44.2 Å². The highest BCUT2D eigenvalue weighted by Crippen LogP contribution is 2.43. The lowest BCUT2D eigenvalue weighted by Gasteiger charge is -2.24. The van der Waals surface area contributed by atoms with Gasteiger partial charge in [-0.2, -0.15) is 12.6 Å². The average molecular weight is 324 g/mol. The van der Waals surface area contributed by atoms with Crippen LogP contribution in [0.3, 0.4) is 0 Å². The first-order chi connectivity index (χ1) is 10.5. The van der Waals surface area contributed by atoms with E-state index in [1.54, 1.807) is 10.9 Å². The molecular weight excluding hydrogens is 308 g/mol. The van der Waals surface area contributed by atoms with E-state index >= 15 is 0 Å².